The fraction of sp³-hybridized carbons (Fsp3) is 0.250. The van der Waals surface area contributed by atoms with Crippen LogP contribution in [0.3, 0.4) is 0 Å². The van der Waals surface area contributed by atoms with Crippen LogP contribution in [0.2, 0.25) is 0 Å². The molecule has 2 aromatic rings. The van der Waals surface area contributed by atoms with E-state index in [4.69, 9.17) is 5.73 Å². The highest BCUT2D eigenvalue weighted by Gasteiger charge is 2.37. The van der Waals surface area contributed by atoms with E-state index < -0.39 is 0 Å². The average molecular weight is 317 g/mol. The molecule has 0 heterocycles. The van der Waals surface area contributed by atoms with Gasteiger partial charge in [0.2, 0.25) is 0 Å². The second kappa shape index (κ2) is 5.35. The van der Waals surface area contributed by atoms with Crippen LogP contribution in [0, 0.1) is 0 Å². The van der Waals surface area contributed by atoms with Gasteiger partial charge in [0.15, 0.2) is 0 Å². The molecule has 0 bridgehead atoms. The summed E-state index contributed by atoms with van der Waals surface area (Å²) in [6.07, 6.45) is 1.23. The highest BCUT2D eigenvalue weighted by atomic mass is 79.9. The lowest BCUT2D eigenvalue weighted by atomic mass is 10.1. The first-order valence-corrected chi connectivity index (χ1v) is 7.35. The number of benzene rings is 2. The number of rotatable bonds is 4. The average Bonchev–Trinajstić information content (AvgIpc) is 3.16. The van der Waals surface area contributed by atoms with E-state index in [1.807, 2.05) is 12.1 Å². The van der Waals surface area contributed by atoms with Gasteiger partial charge in [0.25, 0.3) is 0 Å². The monoisotopic (exact) mass is 316 g/mol. The van der Waals surface area contributed by atoms with Crippen molar-refractivity contribution in [1.29, 1.82) is 0 Å². The third-order valence-electron chi connectivity index (χ3n) is 3.57. The predicted molar refractivity (Wildman–Crippen MR) is 83.0 cm³/mol. The first-order chi connectivity index (χ1) is 9.22. The zero-order valence-corrected chi connectivity index (χ0v) is 12.2. The summed E-state index contributed by atoms with van der Waals surface area (Å²) < 4.78 is 1.04. The van der Waals surface area contributed by atoms with E-state index in [-0.39, 0.29) is 0 Å². The van der Waals surface area contributed by atoms with Crippen molar-refractivity contribution < 1.29 is 0 Å². The zero-order chi connectivity index (χ0) is 13.2. The molecule has 3 N–H and O–H groups in total. The summed E-state index contributed by atoms with van der Waals surface area (Å²) in [5.74, 6) is 0.672. The molecule has 2 aromatic carbocycles. The molecule has 1 fully saturated rings. The molecule has 0 spiro atoms. The van der Waals surface area contributed by atoms with Crippen molar-refractivity contribution in [3.05, 3.63) is 64.1 Å². The van der Waals surface area contributed by atoms with Gasteiger partial charge in [0, 0.05) is 28.7 Å². The molecule has 0 radical (unpaired) electrons. The second-order valence-corrected chi connectivity index (χ2v) is 6.05. The first kappa shape index (κ1) is 12.7. The minimum atomic E-state index is 0.600. The van der Waals surface area contributed by atoms with Gasteiger partial charge in [0.1, 0.15) is 0 Å². The molecule has 1 aliphatic carbocycles. The fourth-order valence-corrected chi connectivity index (χ4v) is 3.07. The molecular formula is C16H17BrN2. The summed E-state index contributed by atoms with van der Waals surface area (Å²) in [5.41, 5.74) is 9.32. The lowest BCUT2D eigenvalue weighted by Gasteiger charge is -2.06. The Labute approximate surface area is 122 Å². The van der Waals surface area contributed by atoms with Crippen LogP contribution in [-0.2, 0) is 6.54 Å². The Hall–Kier alpha value is -1.32. The number of nitrogens with two attached hydrogens (primary N) is 1. The Morgan fingerprint density at radius 2 is 1.95 bits per heavy atom. The third kappa shape index (κ3) is 3.17. The van der Waals surface area contributed by atoms with Gasteiger partial charge in [-0.2, -0.15) is 0 Å². The Kier molecular flexibility index (Phi) is 3.58. The molecular weight excluding hydrogens is 300 g/mol. The van der Waals surface area contributed by atoms with Crippen LogP contribution < -0.4 is 11.1 Å². The van der Waals surface area contributed by atoms with Gasteiger partial charge in [-0.25, -0.2) is 0 Å². The SMILES string of the molecule is Nc1cc(Br)cc(CNC2CC2c2ccccc2)c1. The summed E-state index contributed by atoms with van der Waals surface area (Å²) in [6, 6.07) is 17.4. The van der Waals surface area contributed by atoms with Crippen LogP contribution in [0.15, 0.2) is 53.0 Å². The van der Waals surface area contributed by atoms with E-state index >= 15 is 0 Å². The summed E-state index contributed by atoms with van der Waals surface area (Å²) >= 11 is 3.48. The third-order valence-corrected chi connectivity index (χ3v) is 4.02. The molecule has 1 aliphatic rings. The Balaban J connectivity index is 1.57. The van der Waals surface area contributed by atoms with Gasteiger partial charge >= 0.3 is 0 Å². The van der Waals surface area contributed by atoms with Crippen molar-refractivity contribution in [1.82, 2.24) is 5.32 Å². The van der Waals surface area contributed by atoms with Crippen LogP contribution in [0.4, 0.5) is 5.69 Å². The largest absolute Gasteiger partial charge is 0.399 e. The molecule has 3 heteroatoms. The summed E-state index contributed by atoms with van der Waals surface area (Å²) in [7, 11) is 0. The lowest BCUT2D eigenvalue weighted by Crippen LogP contribution is -2.17. The van der Waals surface area contributed by atoms with E-state index in [9.17, 15) is 0 Å². The molecule has 98 valence electrons. The second-order valence-electron chi connectivity index (χ2n) is 5.13. The lowest BCUT2D eigenvalue weighted by molar-refractivity contribution is 0.672. The predicted octanol–water partition coefficient (Wildman–Crippen LogP) is 3.68. The van der Waals surface area contributed by atoms with E-state index in [1.54, 1.807) is 0 Å². The Bertz CT molecular complexity index is 548. The van der Waals surface area contributed by atoms with Crippen molar-refractivity contribution in [2.24, 2.45) is 0 Å². The smallest absolute Gasteiger partial charge is 0.0328 e. The van der Waals surface area contributed by atoms with Crippen molar-refractivity contribution in [3.8, 4) is 0 Å². The van der Waals surface area contributed by atoms with E-state index in [2.05, 4.69) is 57.6 Å². The normalized spacial score (nSPS) is 21.3. The zero-order valence-electron chi connectivity index (χ0n) is 10.6. The standard InChI is InChI=1S/C16H17BrN2/c17-13-6-11(7-14(18)8-13)10-19-16-9-15(16)12-4-2-1-3-5-12/h1-8,15-16,19H,9-10,18H2. The molecule has 3 rings (SSSR count). The minimum absolute atomic E-state index is 0.600. The fourth-order valence-electron chi connectivity index (χ4n) is 2.52. The van der Waals surface area contributed by atoms with Crippen LogP contribution in [-0.4, -0.2) is 6.04 Å². The van der Waals surface area contributed by atoms with Crippen molar-refractivity contribution in [3.63, 3.8) is 0 Å². The van der Waals surface area contributed by atoms with Crippen LogP contribution in [0.5, 0.6) is 0 Å². The van der Waals surface area contributed by atoms with Gasteiger partial charge in [-0.15, -0.1) is 0 Å². The number of halogens is 1. The quantitative estimate of drug-likeness (QED) is 0.844. The molecule has 2 atom stereocenters. The first-order valence-electron chi connectivity index (χ1n) is 6.55. The maximum Gasteiger partial charge on any atom is 0.0328 e. The minimum Gasteiger partial charge on any atom is -0.399 e. The number of nitrogen functional groups attached to an aromatic ring is 1. The van der Waals surface area contributed by atoms with Crippen LogP contribution in [0.1, 0.15) is 23.5 Å². The van der Waals surface area contributed by atoms with E-state index in [0.29, 0.717) is 12.0 Å². The van der Waals surface area contributed by atoms with Gasteiger partial charge in [-0.3, -0.25) is 0 Å². The molecule has 19 heavy (non-hydrogen) atoms. The van der Waals surface area contributed by atoms with Crippen LogP contribution >= 0.6 is 15.9 Å². The maximum atomic E-state index is 5.84. The highest BCUT2D eigenvalue weighted by molar-refractivity contribution is 9.10. The van der Waals surface area contributed by atoms with Crippen molar-refractivity contribution >= 4 is 21.6 Å². The Morgan fingerprint density at radius 3 is 2.68 bits per heavy atom. The van der Waals surface area contributed by atoms with Gasteiger partial charge in [-0.05, 0) is 35.7 Å². The molecule has 2 nitrogen and oxygen atoms in total. The topological polar surface area (TPSA) is 38.0 Å². The number of nitrogens with one attached hydrogen (secondary N) is 1. The van der Waals surface area contributed by atoms with E-state index in [1.165, 1.54) is 17.5 Å². The molecule has 0 aromatic heterocycles. The van der Waals surface area contributed by atoms with E-state index in [0.717, 1.165) is 16.7 Å². The Morgan fingerprint density at radius 1 is 1.16 bits per heavy atom. The molecule has 0 aliphatic heterocycles. The summed E-state index contributed by atoms with van der Waals surface area (Å²) in [6.45, 7) is 0.873. The highest BCUT2D eigenvalue weighted by Crippen LogP contribution is 2.40. The number of hydrogen-bond acceptors (Lipinski definition) is 2. The van der Waals surface area contributed by atoms with Gasteiger partial charge in [0.05, 0.1) is 0 Å². The molecule has 2 unspecified atom stereocenters. The number of hydrogen-bond donors (Lipinski definition) is 2. The molecule has 1 saturated carbocycles. The molecule has 0 saturated heterocycles. The summed E-state index contributed by atoms with van der Waals surface area (Å²) in [4.78, 5) is 0. The summed E-state index contributed by atoms with van der Waals surface area (Å²) in [5, 5.41) is 3.60. The van der Waals surface area contributed by atoms with Gasteiger partial charge < -0.3 is 11.1 Å². The van der Waals surface area contributed by atoms with Crippen molar-refractivity contribution in [2.45, 2.75) is 24.9 Å². The molecule has 0 amide bonds. The van der Waals surface area contributed by atoms with Crippen molar-refractivity contribution in [2.75, 3.05) is 5.73 Å². The van der Waals surface area contributed by atoms with Gasteiger partial charge in [-0.1, -0.05) is 46.3 Å². The maximum absolute atomic E-state index is 5.84. The van der Waals surface area contributed by atoms with Crippen LogP contribution in [0.25, 0.3) is 0 Å². The number of anilines is 1.